The first-order valence-electron chi connectivity index (χ1n) is 13.4. The molecule has 37 heavy (non-hydrogen) atoms. The van der Waals surface area contributed by atoms with Crippen LogP contribution in [0.3, 0.4) is 0 Å². The fraction of sp³-hybridized carbons (Fsp3) is 0.344. The average molecular weight is 496 g/mol. The normalized spacial score (nSPS) is 14.6. The number of nitrogens with zero attached hydrogens (tertiary/aromatic N) is 2. The van der Waals surface area contributed by atoms with Crippen LogP contribution in [0.25, 0.3) is 10.9 Å². The van der Waals surface area contributed by atoms with Gasteiger partial charge in [-0.1, -0.05) is 60.7 Å². The molecule has 1 aromatic heterocycles. The first-order valence-corrected chi connectivity index (χ1v) is 13.4. The number of benzene rings is 3. The summed E-state index contributed by atoms with van der Waals surface area (Å²) in [5.74, 6) is 1.06. The van der Waals surface area contributed by atoms with Gasteiger partial charge in [-0.15, -0.1) is 0 Å². The van der Waals surface area contributed by atoms with Crippen molar-refractivity contribution < 1.29 is 9.53 Å². The van der Waals surface area contributed by atoms with Crippen molar-refractivity contribution >= 4 is 16.8 Å². The highest BCUT2D eigenvalue weighted by Gasteiger charge is 2.26. The van der Waals surface area contributed by atoms with E-state index in [4.69, 9.17) is 4.74 Å². The number of rotatable bonds is 9. The zero-order valence-corrected chi connectivity index (χ0v) is 22.0. The zero-order chi connectivity index (χ0) is 25.6. The van der Waals surface area contributed by atoms with Crippen LogP contribution in [0.5, 0.6) is 5.75 Å². The molecule has 1 N–H and O–H groups in total. The van der Waals surface area contributed by atoms with Crippen molar-refractivity contribution in [1.29, 1.82) is 0 Å². The maximum Gasteiger partial charge on any atom is 0.223 e. The van der Waals surface area contributed by atoms with Gasteiger partial charge in [-0.25, -0.2) is 0 Å². The Morgan fingerprint density at radius 1 is 0.919 bits per heavy atom. The van der Waals surface area contributed by atoms with Gasteiger partial charge in [-0.3, -0.25) is 9.69 Å². The topological polar surface area (TPSA) is 46.5 Å². The minimum absolute atomic E-state index is 0.0633. The molecule has 2 heterocycles. The monoisotopic (exact) mass is 495 g/mol. The van der Waals surface area contributed by atoms with E-state index in [1.54, 1.807) is 0 Å². The van der Waals surface area contributed by atoms with Crippen molar-refractivity contribution in [3.05, 3.63) is 101 Å². The second-order valence-electron chi connectivity index (χ2n) is 10.0. The molecule has 1 saturated heterocycles. The molecule has 1 amide bonds. The molecule has 0 spiro atoms. The summed E-state index contributed by atoms with van der Waals surface area (Å²) >= 11 is 0. The first kappa shape index (κ1) is 25.1. The smallest absolute Gasteiger partial charge is 0.223 e. The SMILES string of the molecule is CCOc1ccccc1CNC(=O)C1CCN(Cc2cc3ccccc3n2Cc2ccccc2C)CC1. The van der Waals surface area contributed by atoms with E-state index >= 15 is 0 Å². The van der Waals surface area contributed by atoms with Gasteiger partial charge in [0.05, 0.1) is 6.61 Å². The van der Waals surface area contributed by atoms with Crippen molar-refractivity contribution in [2.75, 3.05) is 19.7 Å². The van der Waals surface area contributed by atoms with E-state index in [9.17, 15) is 4.79 Å². The molecular weight excluding hydrogens is 458 g/mol. The highest BCUT2D eigenvalue weighted by atomic mass is 16.5. The molecule has 0 atom stereocenters. The number of nitrogens with one attached hydrogen (secondary N) is 1. The summed E-state index contributed by atoms with van der Waals surface area (Å²) in [4.78, 5) is 15.4. The van der Waals surface area contributed by atoms with Gasteiger partial charge in [-0.2, -0.15) is 0 Å². The number of likely N-dealkylation sites (tertiary alicyclic amines) is 1. The maximum absolute atomic E-state index is 12.9. The quantitative estimate of drug-likeness (QED) is 0.313. The van der Waals surface area contributed by atoms with Crippen molar-refractivity contribution in [1.82, 2.24) is 14.8 Å². The summed E-state index contributed by atoms with van der Waals surface area (Å²) in [5, 5.41) is 4.43. The zero-order valence-electron chi connectivity index (χ0n) is 22.0. The Hall–Kier alpha value is -3.57. The third kappa shape index (κ3) is 5.89. The molecule has 0 bridgehead atoms. The van der Waals surface area contributed by atoms with E-state index in [2.05, 4.69) is 76.3 Å². The number of carbonyl (C=O) groups excluding carboxylic acids is 1. The summed E-state index contributed by atoms with van der Waals surface area (Å²) in [6, 6.07) is 27.6. The second kappa shape index (κ2) is 11.7. The van der Waals surface area contributed by atoms with Gasteiger partial charge in [-0.05, 0) is 74.5 Å². The third-order valence-electron chi connectivity index (χ3n) is 7.56. The molecule has 0 saturated carbocycles. The number of hydrogen-bond donors (Lipinski definition) is 1. The average Bonchev–Trinajstić information content (AvgIpc) is 3.26. The highest BCUT2D eigenvalue weighted by Crippen LogP contribution is 2.26. The molecule has 0 aliphatic carbocycles. The predicted molar refractivity (Wildman–Crippen MR) is 150 cm³/mol. The van der Waals surface area contributed by atoms with E-state index in [1.807, 2.05) is 31.2 Å². The summed E-state index contributed by atoms with van der Waals surface area (Å²) in [7, 11) is 0. The number of carbonyl (C=O) groups is 1. The molecule has 3 aromatic carbocycles. The van der Waals surface area contributed by atoms with Gasteiger partial charge in [0.25, 0.3) is 0 Å². The molecule has 1 aliphatic heterocycles. The van der Waals surface area contributed by atoms with Gasteiger partial charge in [0.1, 0.15) is 5.75 Å². The van der Waals surface area contributed by atoms with Crippen LogP contribution in [0, 0.1) is 12.8 Å². The molecular formula is C32H37N3O2. The molecule has 1 fully saturated rings. The number of hydrogen-bond acceptors (Lipinski definition) is 3. The molecule has 5 heteroatoms. The van der Waals surface area contributed by atoms with Crippen molar-refractivity contribution in [3.8, 4) is 5.75 Å². The van der Waals surface area contributed by atoms with Crippen molar-refractivity contribution in [2.45, 2.75) is 46.3 Å². The highest BCUT2D eigenvalue weighted by molar-refractivity contribution is 5.81. The largest absolute Gasteiger partial charge is 0.494 e. The number of amides is 1. The number of para-hydroxylation sites is 2. The summed E-state index contributed by atoms with van der Waals surface area (Å²) < 4.78 is 8.17. The predicted octanol–water partition coefficient (Wildman–Crippen LogP) is 5.93. The molecule has 1 aliphatic rings. The molecule has 0 unspecified atom stereocenters. The number of aromatic nitrogens is 1. The molecule has 5 nitrogen and oxygen atoms in total. The van der Waals surface area contributed by atoms with E-state index < -0.39 is 0 Å². The summed E-state index contributed by atoms with van der Waals surface area (Å²) in [6.07, 6.45) is 1.77. The number of aryl methyl sites for hydroxylation is 1. The van der Waals surface area contributed by atoms with Crippen LogP contribution in [0.4, 0.5) is 0 Å². The van der Waals surface area contributed by atoms with Crippen molar-refractivity contribution in [3.63, 3.8) is 0 Å². The Bertz CT molecular complexity index is 1350. The Kier molecular flexibility index (Phi) is 7.90. The van der Waals surface area contributed by atoms with Crippen LogP contribution in [-0.2, 0) is 24.4 Å². The van der Waals surface area contributed by atoms with Crippen LogP contribution in [0.1, 0.15) is 42.1 Å². The third-order valence-corrected chi connectivity index (χ3v) is 7.56. The van der Waals surface area contributed by atoms with Crippen LogP contribution in [0.15, 0.2) is 78.9 Å². The number of piperidine rings is 1. The van der Waals surface area contributed by atoms with Crippen molar-refractivity contribution in [2.24, 2.45) is 5.92 Å². The van der Waals surface area contributed by atoms with Gasteiger partial charge < -0.3 is 14.6 Å². The van der Waals surface area contributed by atoms with Crippen LogP contribution < -0.4 is 10.1 Å². The summed E-state index contributed by atoms with van der Waals surface area (Å²) in [5.41, 5.74) is 6.31. The van der Waals surface area contributed by atoms with Gasteiger partial charge in [0.2, 0.25) is 5.91 Å². The fourth-order valence-corrected chi connectivity index (χ4v) is 5.40. The minimum atomic E-state index is 0.0633. The van der Waals surface area contributed by atoms with E-state index in [0.29, 0.717) is 13.2 Å². The standard InChI is InChI=1S/C32H37N3O2/c1-3-37-31-15-9-7-12-27(31)21-33-32(36)25-16-18-34(19-17-25)23-29-20-26-11-6-8-14-30(26)35(29)22-28-13-5-4-10-24(28)2/h4-15,20,25H,3,16-19,21-23H2,1-2H3,(H,33,36). The van der Waals surface area contributed by atoms with Gasteiger partial charge >= 0.3 is 0 Å². The second-order valence-corrected chi connectivity index (χ2v) is 10.0. The van der Waals surface area contributed by atoms with E-state index in [-0.39, 0.29) is 11.8 Å². The number of fused-ring (bicyclic) bond motifs is 1. The maximum atomic E-state index is 12.9. The molecule has 192 valence electrons. The minimum Gasteiger partial charge on any atom is -0.494 e. The molecule has 4 aromatic rings. The Morgan fingerprint density at radius 2 is 1.62 bits per heavy atom. The van der Waals surface area contributed by atoms with Crippen LogP contribution in [0.2, 0.25) is 0 Å². The molecule has 0 radical (unpaired) electrons. The van der Waals surface area contributed by atoms with Crippen LogP contribution in [-0.4, -0.2) is 35.1 Å². The van der Waals surface area contributed by atoms with E-state index in [0.717, 1.165) is 50.3 Å². The lowest BCUT2D eigenvalue weighted by molar-refractivity contribution is -0.126. The van der Waals surface area contributed by atoms with Gasteiger partial charge in [0.15, 0.2) is 0 Å². The Balaban J connectivity index is 1.21. The first-order chi connectivity index (χ1) is 18.1. The fourth-order valence-electron chi connectivity index (χ4n) is 5.40. The lowest BCUT2D eigenvalue weighted by Crippen LogP contribution is -2.40. The summed E-state index contributed by atoms with van der Waals surface area (Å²) in [6.45, 7) is 8.92. The van der Waals surface area contributed by atoms with Crippen LogP contribution >= 0.6 is 0 Å². The Morgan fingerprint density at radius 3 is 2.41 bits per heavy atom. The van der Waals surface area contributed by atoms with Gasteiger partial charge in [0, 0.05) is 42.3 Å². The molecule has 5 rings (SSSR count). The number of ether oxygens (including phenoxy) is 1. The lowest BCUT2D eigenvalue weighted by atomic mass is 9.95. The Labute approximate surface area is 220 Å². The van der Waals surface area contributed by atoms with E-state index in [1.165, 1.54) is 27.7 Å². The lowest BCUT2D eigenvalue weighted by Gasteiger charge is -2.31.